The third-order valence-corrected chi connectivity index (χ3v) is 3.38. The van der Waals surface area contributed by atoms with Crippen molar-refractivity contribution >= 4 is 27.3 Å². The Morgan fingerprint density at radius 3 is 2.53 bits per heavy atom. The van der Waals surface area contributed by atoms with Gasteiger partial charge in [0.2, 0.25) is 0 Å². The highest BCUT2D eigenvalue weighted by atomic mass is 79.9. The minimum Gasteiger partial charge on any atom is -0.366 e. The maximum Gasteiger partial charge on any atom is 0.293 e. The van der Waals surface area contributed by atoms with Crippen LogP contribution in [0, 0.1) is 10.1 Å². The second kappa shape index (κ2) is 7.45. The molecule has 0 N–H and O–H groups in total. The van der Waals surface area contributed by atoms with E-state index >= 15 is 0 Å². The van der Waals surface area contributed by atoms with Gasteiger partial charge in [-0.2, -0.15) is 0 Å². The molecule has 1 aromatic rings. The van der Waals surface area contributed by atoms with Crippen molar-refractivity contribution in [2.24, 2.45) is 0 Å². The Morgan fingerprint density at radius 2 is 2.00 bits per heavy atom. The van der Waals surface area contributed by atoms with Gasteiger partial charge in [-0.05, 0) is 46.1 Å². The highest BCUT2D eigenvalue weighted by molar-refractivity contribution is 9.10. The Hall–Kier alpha value is -1.14. The van der Waals surface area contributed by atoms with E-state index in [1.54, 1.807) is 12.1 Å². The Balaban J connectivity index is 2.88. The minimum absolute atomic E-state index is 0.154. The van der Waals surface area contributed by atoms with Crippen LogP contribution in [0.3, 0.4) is 0 Å². The number of benzene rings is 1. The van der Waals surface area contributed by atoms with Gasteiger partial charge in [-0.15, -0.1) is 0 Å². The van der Waals surface area contributed by atoms with Gasteiger partial charge in [0.05, 0.1) is 4.92 Å². The molecule has 0 heterocycles. The quantitative estimate of drug-likeness (QED) is 0.569. The Morgan fingerprint density at radius 1 is 1.32 bits per heavy atom. The van der Waals surface area contributed by atoms with Gasteiger partial charge in [0, 0.05) is 23.6 Å². The third kappa shape index (κ3) is 4.80. The topological polar surface area (TPSA) is 49.6 Å². The zero-order valence-corrected chi connectivity index (χ0v) is 13.2. The van der Waals surface area contributed by atoms with E-state index in [1.807, 2.05) is 32.0 Å². The van der Waals surface area contributed by atoms with Crippen LogP contribution >= 0.6 is 15.9 Å². The molecule has 19 heavy (non-hydrogen) atoms. The van der Waals surface area contributed by atoms with Crippen molar-refractivity contribution in [3.8, 4) is 0 Å². The van der Waals surface area contributed by atoms with Gasteiger partial charge in [-0.3, -0.25) is 10.1 Å². The highest BCUT2D eigenvalue weighted by Crippen LogP contribution is 2.31. The van der Waals surface area contributed by atoms with E-state index in [0.717, 1.165) is 30.5 Å². The van der Waals surface area contributed by atoms with Gasteiger partial charge in [0.25, 0.3) is 5.69 Å². The van der Waals surface area contributed by atoms with Crippen molar-refractivity contribution < 1.29 is 4.92 Å². The van der Waals surface area contributed by atoms with Crippen molar-refractivity contribution in [1.29, 1.82) is 0 Å². The second-order valence-electron chi connectivity index (χ2n) is 4.63. The first kappa shape index (κ1) is 15.9. The number of nitrogens with zero attached hydrogens (tertiary/aromatic N) is 3. The number of rotatable bonds is 7. The molecule has 1 rings (SSSR count). The van der Waals surface area contributed by atoms with Gasteiger partial charge in [0.15, 0.2) is 0 Å². The van der Waals surface area contributed by atoms with Crippen molar-refractivity contribution in [3.05, 3.63) is 32.8 Å². The molecule has 5 nitrogen and oxygen atoms in total. The van der Waals surface area contributed by atoms with E-state index in [1.165, 1.54) is 0 Å². The molecule has 0 aliphatic rings. The van der Waals surface area contributed by atoms with Crippen LogP contribution in [0.1, 0.15) is 13.3 Å². The standard InChI is InChI=1S/C13H20BrN3O2/c1-4-16(9-5-8-15(2)3)12-7-6-11(14)10-13(12)17(18)19/h6-7,10H,4-5,8-9H2,1-3H3. The van der Waals surface area contributed by atoms with Crippen LogP contribution in [0.4, 0.5) is 11.4 Å². The molecule has 0 aromatic heterocycles. The van der Waals surface area contributed by atoms with Crippen molar-refractivity contribution in [2.75, 3.05) is 38.6 Å². The van der Waals surface area contributed by atoms with Crippen molar-refractivity contribution in [3.63, 3.8) is 0 Å². The Labute approximate surface area is 122 Å². The minimum atomic E-state index is -0.325. The average molecular weight is 330 g/mol. The summed E-state index contributed by atoms with van der Waals surface area (Å²) >= 11 is 3.28. The second-order valence-corrected chi connectivity index (χ2v) is 5.54. The summed E-state index contributed by atoms with van der Waals surface area (Å²) in [7, 11) is 4.05. The molecule has 0 amide bonds. The number of nitro groups is 1. The largest absolute Gasteiger partial charge is 0.366 e. The average Bonchev–Trinajstić information content (AvgIpc) is 2.34. The van der Waals surface area contributed by atoms with Crippen LogP contribution in [0.5, 0.6) is 0 Å². The van der Waals surface area contributed by atoms with Crippen LogP contribution in [0.15, 0.2) is 22.7 Å². The van der Waals surface area contributed by atoms with Gasteiger partial charge in [-0.1, -0.05) is 15.9 Å². The molecule has 6 heteroatoms. The molecule has 0 fully saturated rings. The molecule has 0 bridgehead atoms. The predicted molar refractivity (Wildman–Crippen MR) is 81.9 cm³/mol. The van der Waals surface area contributed by atoms with Gasteiger partial charge < -0.3 is 9.80 Å². The Bertz CT molecular complexity index is 438. The van der Waals surface area contributed by atoms with Crippen molar-refractivity contribution in [2.45, 2.75) is 13.3 Å². The molecule has 0 saturated heterocycles. The summed E-state index contributed by atoms with van der Waals surface area (Å²) in [4.78, 5) is 15.0. The first-order chi connectivity index (χ1) is 8.95. The molecule has 0 unspecified atom stereocenters. The summed E-state index contributed by atoms with van der Waals surface area (Å²) in [6, 6.07) is 5.21. The summed E-state index contributed by atoms with van der Waals surface area (Å²) in [6.07, 6.45) is 0.980. The molecule has 0 atom stereocenters. The number of anilines is 1. The van der Waals surface area contributed by atoms with E-state index in [0.29, 0.717) is 5.69 Å². The lowest BCUT2D eigenvalue weighted by atomic mass is 10.2. The summed E-state index contributed by atoms with van der Waals surface area (Å²) in [5.74, 6) is 0. The summed E-state index contributed by atoms with van der Waals surface area (Å²) < 4.78 is 0.729. The van der Waals surface area contributed by atoms with Gasteiger partial charge >= 0.3 is 0 Å². The van der Waals surface area contributed by atoms with Crippen LogP contribution in [0.2, 0.25) is 0 Å². The van der Waals surface area contributed by atoms with Crippen molar-refractivity contribution in [1.82, 2.24) is 4.90 Å². The molecular formula is C13H20BrN3O2. The number of halogens is 1. The van der Waals surface area contributed by atoms with E-state index in [2.05, 4.69) is 20.8 Å². The molecule has 0 aliphatic heterocycles. The molecular weight excluding hydrogens is 310 g/mol. The van der Waals surface area contributed by atoms with Crippen LogP contribution < -0.4 is 4.90 Å². The third-order valence-electron chi connectivity index (χ3n) is 2.89. The molecule has 0 radical (unpaired) electrons. The highest BCUT2D eigenvalue weighted by Gasteiger charge is 2.18. The molecule has 1 aromatic carbocycles. The lowest BCUT2D eigenvalue weighted by molar-refractivity contribution is -0.384. The van der Waals surface area contributed by atoms with Gasteiger partial charge in [-0.25, -0.2) is 0 Å². The molecule has 106 valence electrons. The first-order valence-corrected chi connectivity index (χ1v) is 7.08. The fourth-order valence-corrected chi connectivity index (χ4v) is 2.29. The molecule has 0 aliphatic carbocycles. The van der Waals surface area contributed by atoms with E-state index in [-0.39, 0.29) is 10.6 Å². The van der Waals surface area contributed by atoms with E-state index in [9.17, 15) is 10.1 Å². The number of nitro benzene ring substituents is 1. The number of hydrogen-bond acceptors (Lipinski definition) is 4. The zero-order valence-electron chi connectivity index (χ0n) is 11.6. The monoisotopic (exact) mass is 329 g/mol. The maximum atomic E-state index is 11.1. The summed E-state index contributed by atoms with van der Waals surface area (Å²) in [5.41, 5.74) is 0.843. The first-order valence-electron chi connectivity index (χ1n) is 6.29. The molecule has 0 spiro atoms. The maximum absolute atomic E-state index is 11.1. The summed E-state index contributed by atoms with van der Waals surface area (Å²) in [5, 5.41) is 11.1. The fraction of sp³-hybridized carbons (Fsp3) is 0.538. The lowest BCUT2D eigenvalue weighted by Gasteiger charge is -2.23. The van der Waals surface area contributed by atoms with Crippen LogP contribution in [-0.4, -0.2) is 43.6 Å². The Kier molecular flexibility index (Phi) is 6.24. The normalized spacial score (nSPS) is 10.8. The van der Waals surface area contributed by atoms with E-state index < -0.39 is 0 Å². The zero-order chi connectivity index (χ0) is 14.4. The van der Waals surface area contributed by atoms with Crippen LogP contribution in [0.25, 0.3) is 0 Å². The predicted octanol–water partition coefficient (Wildman–Crippen LogP) is 3.14. The fourth-order valence-electron chi connectivity index (χ4n) is 1.94. The van der Waals surface area contributed by atoms with Crippen LogP contribution in [-0.2, 0) is 0 Å². The summed E-state index contributed by atoms with van der Waals surface area (Å²) in [6.45, 7) is 4.56. The van der Waals surface area contributed by atoms with Gasteiger partial charge in [0.1, 0.15) is 5.69 Å². The molecule has 0 saturated carbocycles. The number of hydrogen-bond donors (Lipinski definition) is 0. The van der Waals surface area contributed by atoms with E-state index in [4.69, 9.17) is 0 Å². The SMILES string of the molecule is CCN(CCCN(C)C)c1ccc(Br)cc1[N+](=O)[O-]. The smallest absolute Gasteiger partial charge is 0.293 e. The lowest BCUT2D eigenvalue weighted by Crippen LogP contribution is -2.27.